The molecule has 0 aliphatic carbocycles. The SMILES string of the molecule is Cc1cccc(NC(=O)[C@H]2CSCN2C(=O)c2ccoc2C)c1C. The van der Waals surface area contributed by atoms with Gasteiger partial charge in [-0.05, 0) is 44.0 Å². The highest BCUT2D eigenvalue weighted by molar-refractivity contribution is 7.99. The first-order chi connectivity index (χ1) is 11.5. The van der Waals surface area contributed by atoms with E-state index in [1.54, 1.807) is 29.7 Å². The Hall–Kier alpha value is -2.21. The van der Waals surface area contributed by atoms with E-state index in [9.17, 15) is 9.59 Å². The minimum atomic E-state index is -0.475. The van der Waals surface area contributed by atoms with E-state index in [0.717, 1.165) is 16.8 Å². The van der Waals surface area contributed by atoms with E-state index in [-0.39, 0.29) is 11.8 Å². The van der Waals surface area contributed by atoms with Crippen molar-refractivity contribution >= 4 is 29.3 Å². The fraction of sp³-hybridized carbons (Fsp3) is 0.333. The molecule has 1 aliphatic heterocycles. The molecule has 2 aromatic rings. The summed E-state index contributed by atoms with van der Waals surface area (Å²) in [7, 11) is 0. The number of carbonyl (C=O) groups excluding carboxylic acids is 2. The average molecular weight is 344 g/mol. The van der Waals surface area contributed by atoms with Crippen molar-refractivity contribution in [1.82, 2.24) is 4.90 Å². The van der Waals surface area contributed by atoms with E-state index in [1.165, 1.54) is 6.26 Å². The Kier molecular flexibility index (Phi) is 4.66. The van der Waals surface area contributed by atoms with Crippen LogP contribution < -0.4 is 5.32 Å². The summed E-state index contributed by atoms with van der Waals surface area (Å²) in [5.74, 6) is 1.37. The molecule has 1 N–H and O–H groups in total. The quantitative estimate of drug-likeness (QED) is 0.927. The molecule has 1 aromatic carbocycles. The van der Waals surface area contributed by atoms with Gasteiger partial charge < -0.3 is 14.6 Å². The lowest BCUT2D eigenvalue weighted by Gasteiger charge is -2.23. The maximum absolute atomic E-state index is 12.7. The van der Waals surface area contributed by atoms with Crippen LogP contribution in [0.4, 0.5) is 5.69 Å². The van der Waals surface area contributed by atoms with Crippen molar-refractivity contribution < 1.29 is 14.0 Å². The van der Waals surface area contributed by atoms with Crippen LogP contribution in [0.15, 0.2) is 34.9 Å². The van der Waals surface area contributed by atoms with Crippen molar-refractivity contribution in [3.8, 4) is 0 Å². The normalized spacial score (nSPS) is 17.1. The first-order valence-corrected chi connectivity index (χ1v) is 8.94. The van der Waals surface area contributed by atoms with Crippen molar-refractivity contribution in [3.63, 3.8) is 0 Å². The Bertz CT molecular complexity index is 784. The average Bonchev–Trinajstić information content (AvgIpc) is 3.20. The van der Waals surface area contributed by atoms with Crippen molar-refractivity contribution in [3.05, 3.63) is 53.0 Å². The summed E-state index contributed by atoms with van der Waals surface area (Å²) in [5.41, 5.74) is 3.47. The molecule has 2 heterocycles. The first-order valence-electron chi connectivity index (χ1n) is 7.79. The van der Waals surface area contributed by atoms with Crippen LogP contribution in [-0.4, -0.2) is 34.4 Å². The third kappa shape index (κ3) is 3.06. The van der Waals surface area contributed by atoms with E-state index in [2.05, 4.69) is 5.32 Å². The standard InChI is InChI=1S/C18H20N2O3S/c1-11-5-4-6-15(12(11)2)19-17(21)16-9-24-10-20(16)18(22)14-7-8-23-13(14)3/h4-8,16H,9-10H2,1-3H3,(H,19,21)/t16-/m1/s1. The van der Waals surface area contributed by atoms with Gasteiger partial charge in [0, 0.05) is 11.4 Å². The van der Waals surface area contributed by atoms with E-state index in [1.807, 2.05) is 32.0 Å². The zero-order valence-electron chi connectivity index (χ0n) is 14.0. The molecule has 1 aromatic heterocycles. The van der Waals surface area contributed by atoms with E-state index < -0.39 is 6.04 Å². The Morgan fingerprint density at radius 3 is 2.75 bits per heavy atom. The first kappa shape index (κ1) is 16.6. The molecule has 2 amide bonds. The van der Waals surface area contributed by atoms with Crippen molar-refractivity contribution in [2.24, 2.45) is 0 Å². The van der Waals surface area contributed by atoms with Crippen molar-refractivity contribution in [1.29, 1.82) is 0 Å². The summed E-state index contributed by atoms with van der Waals surface area (Å²) >= 11 is 1.58. The summed E-state index contributed by atoms with van der Waals surface area (Å²) < 4.78 is 5.21. The van der Waals surface area contributed by atoms with Crippen LogP contribution in [0.25, 0.3) is 0 Å². The summed E-state index contributed by atoms with van der Waals surface area (Å²) in [6.45, 7) is 5.74. The number of anilines is 1. The second-order valence-corrected chi connectivity index (χ2v) is 6.92. The van der Waals surface area contributed by atoms with Gasteiger partial charge in [0.15, 0.2) is 0 Å². The molecule has 0 unspecified atom stereocenters. The van der Waals surface area contributed by atoms with E-state index in [4.69, 9.17) is 4.42 Å². The molecule has 6 heteroatoms. The highest BCUT2D eigenvalue weighted by atomic mass is 32.2. The van der Waals surface area contributed by atoms with Crippen LogP contribution in [-0.2, 0) is 4.79 Å². The Labute approximate surface area is 145 Å². The molecular formula is C18H20N2O3S. The number of nitrogens with one attached hydrogen (secondary N) is 1. The molecule has 1 atom stereocenters. The van der Waals surface area contributed by atoms with Crippen LogP contribution in [0.3, 0.4) is 0 Å². The zero-order chi connectivity index (χ0) is 17.3. The van der Waals surface area contributed by atoms with Crippen LogP contribution in [0.2, 0.25) is 0 Å². The molecule has 1 saturated heterocycles. The number of furan rings is 1. The van der Waals surface area contributed by atoms with Gasteiger partial charge in [0.25, 0.3) is 5.91 Å². The number of aryl methyl sites for hydroxylation is 2. The topological polar surface area (TPSA) is 62.6 Å². The molecule has 126 valence electrons. The number of hydrogen-bond donors (Lipinski definition) is 1. The molecule has 0 saturated carbocycles. The van der Waals surface area contributed by atoms with Gasteiger partial charge in [-0.1, -0.05) is 12.1 Å². The monoisotopic (exact) mass is 344 g/mol. The third-order valence-electron chi connectivity index (χ3n) is 4.40. The largest absolute Gasteiger partial charge is 0.469 e. The summed E-state index contributed by atoms with van der Waals surface area (Å²) in [5, 5.41) is 2.97. The van der Waals surface area contributed by atoms with E-state index in [0.29, 0.717) is 23.0 Å². The molecule has 1 fully saturated rings. The summed E-state index contributed by atoms with van der Waals surface area (Å²) in [6.07, 6.45) is 1.50. The van der Waals surface area contributed by atoms with Gasteiger partial charge in [-0.2, -0.15) is 0 Å². The lowest BCUT2D eigenvalue weighted by Crippen LogP contribution is -2.44. The molecule has 1 aliphatic rings. The van der Waals surface area contributed by atoms with Crippen molar-refractivity contribution in [2.75, 3.05) is 16.9 Å². The van der Waals surface area contributed by atoms with Crippen LogP contribution in [0.1, 0.15) is 27.2 Å². The number of rotatable bonds is 3. The number of hydrogen-bond acceptors (Lipinski definition) is 4. The third-order valence-corrected chi connectivity index (χ3v) is 5.41. The zero-order valence-corrected chi connectivity index (χ0v) is 14.8. The molecule has 24 heavy (non-hydrogen) atoms. The van der Waals surface area contributed by atoms with Gasteiger partial charge in [-0.3, -0.25) is 9.59 Å². The maximum atomic E-state index is 12.7. The lowest BCUT2D eigenvalue weighted by atomic mass is 10.1. The number of carbonyl (C=O) groups is 2. The van der Waals surface area contributed by atoms with Gasteiger partial charge in [-0.25, -0.2) is 0 Å². The minimum absolute atomic E-state index is 0.150. The number of amides is 2. The van der Waals surface area contributed by atoms with Crippen LogP contribution in [0, 0.1) is 20.8 Å². The number of nitrogens with zero attached hydrogens (tertiary/aromatic N) is 1. The minimum Gasteiger partial charge on any atom is -0.469 e. The Balaban J connectivity index is 1.78. The van der Waals surface area contributed by atoms with Crippen LogP contribution in [0.5, 0.6) is 0 Å². The fourth-order valence-corrected chi connectivity index (χ4v) is 3.88. The van der Waals surface area contributed by atoms with Crippen molar-refractivity contribution in [2.45, 2.75) is 26.8 Å². The molecule has 5 nitrogen and oxygen atoms in total. The lowest BCUT2D eigenvalue weighted by molar-refractivity contribution is -0.119. The molecule has 0 spiro atoms. The molecule has 0 radical (unpaired) electrons. The smallest absolute Gasteiger partial charge is 0.258 e. The van der Waals surface area contributed by atoms with Gasteiger partial charge in [0.1, 0.15) is 11.8 Å². The van der Waals surface area contributed by atoms with Gasteiger partial charge in [0.05, 0.1) is 17.7 Å². The second kappa shape index (κ2) is 6.73. The summed E-state index contributed by atoms with van der Waals surface area (Å²) in [4.78, 5) is 27.0. The Morgan fingerprint density at radius 1 is 1.25 bits per heavy atom. The predicted molar refractivity (Wildman–Crippen MR) is 95.3 cm³/mol. The summed E-state index contributed by atoms with van der Waals surface area (Å²) in [6, 6.07) is 6.99. The number of thioether (sulfide) groups is 1. The highest BCUT2D eigenvalue weighted by Gasteiger charge is 2.36. The van der Waals surface area contributed by atoms with Gasteiger partial charge in [0.2, 0.25) is 5.91 Å². The number of benzene rings is 1. The second-order valence-electron chi connectivity index (χ2n) is 5.92. The molecular weight excluding hydrogens is 324 g/mol. The molecule has 0 bridgehead atoms. The van der Waals surface area contributed by atoms with Crippen LogP contribution >= 0.6 is 11.8 Å². The Morgan fingerprint density at radius 2 is 2.04 bits per heavy atom. The predicted octanol–water partition coefficient (Wildman–Crippen LogP) is 3.36. The molecule has 3 rings (SSSR count). The van der Waals surface area contributed by atoms with Gasteiger partial charge in [-0.15, -0.1) is 11.8 Å². The maximum Gasteiger partial charge on any atom is 0.258 e. The highest BCUT2D eigenvalue weighted by Crippen LogP contribution is 2.26. The van der Waals surface area contributed by atoms with E-state index >= 15 is 0 Å². The fourth-order valence-electron chi connectivity index (χ4n) is 2.72. The van der Waals surface area contributed by atoms with Gasteiger partial charge >= 0.3 is 0 Å².